The molecule has 3 rings (SSSR count). The molecule has 0 aromatic heterocycles. The van der Waals surface area contributed by atoms with Crippen LogP contribution in [0.5, 0.6) is 5.75 Å². The Balaban J connectivity index is 1.57. The molecule has 1 aromatic carbocycles. The molecule has 4 heteroatoms. The minimum Gasteiger partial charge on any atom is -0.493 e. The topological polar surface area (TPSA) is 38.8 Å². The van der Waals surface area contributed by atoms with E-state index in [1.807, 2.05) is 30.1 Å². The van der Waals surface area contributed by atoms with Gasteiger partial charge in [0.05, 0.1) is 12.7 Å². The van der Waals surface area contributed by atoms with E-state index in [4.69, 9.17) is 9.47 Å². The number of benzene rings is 1. The lowest BCUT2D eigenvalue weighted by atomic mass is 10.0. The smallest absolute Gasteiger partial charge is 0.253 e. The van der Waals surface area contributed by atoms with Crippen molar-refractivity contribution in [2.24, 2.45) is 0 Å². The van der Waals surface area contributed by atoms with Crippen molar-refractivity contribution in [3.05, 3.63) is 29.3 Å². The van der Waals surface area contributed by atoms with Gasteiger partial charge in [-0.1, -0.05) is 0 Å². The number of aryl methyl sites for hydroxylation is 1. The molecule has 1 saturated heterocycles. The molecule has 4 nitrogen and oxygen atoms in total. The van der Waals surface area contributed by atoms with Crippen LogP contribution in [0.4, 0.5) is 0 Å². The van der Waals surface area contributed by atoms with E-state index in [9.17, 15) is 4.79 Å². The molecule has 0 N–H and O–H groups in total. The van der Waals surface area contributed by atoms with Gasteiger partial charge in [0.1, 0.15) is 5.75 Å². The summed E-state index contributed by atoms with van der Waals surface area (Å²) in [6.07, 6.45) is 6.81. The Bertz CT molecular complexity index is 523. The van der Waals surface area contributed by atoms with Gasteiger partial charge in [0.2, 0.25) is 0 Å². The molecule has 1 atom stereocenters. The molecule has 1 aromatic rings. The molecule has 2 aliphatic heterocycles. The summed E-state index contributed by atoms with van der Waals surface area (Å²) in [5.41, 5.74) is 1.91. The zero-order valence-corrected chi connectivity index (χ0v) is 13.3. The Morgan fingerprint density at radius 3 is 3.00 bits per heavy atom. The number of carbonyl (C=O) groups is 1. The van der Waals surface area contributed by atoms with Crippen LogP contribution in [0.25, 0.3) is 0 Å². The molecule has 120 valence electrons. The van der Waals surface area contributed by atoms with E-state index in [-0.39, 0.29) is 5.91 Å². The summed E-state index contributed by atoms with van der Waals surface area (Å²) in [6, 6.07) is 5.80. The quantitative estimate of drug-likeness (QED) is 0.858. The predicted octanol–water partition coefficient (Wildman–Crippen LogP) is 3.04. The van der Waals surface area contributed by atoms with Crippen LogP contribution in [0.15, 0.2) is 18.2 Å². The third-order valence-corrected chi connectivity index (χ3v) is 4.56. The summed E-state index contributed by atoms with van der Waals surface area (Å²) in [5.74, 6) is 1.02. The third-order valence-electron chi connectivity index (χ3n) is 4.56. The van der Waals surface area contributed by atoms with Crippen molar-refractivity contribution >= 4 is 5.91 Å². The van der Waals surface area contributed by atoms with Gasteiger partial charge in [-0.05, 0) is 62.3 Å². The third kappa shape index (κ3) is 3.61. The summed E-state index contributed by atoms with van der Waals surface area (Å²) < 4.78 is 11.3. The van der Waals surface area contributed by atoms with Crippen LogP contribution in [-0.2, 0) is 11.2 Å². The first-order valence-electron chi connectivity index (χ1n) is 8.37. The molecule has 0 saturated carbocycles. The van der Waals surface area contributed by atoms with E-state index in [1.165, 1.54) is 12.8 Å². The predicted molar refractivity (Wildman–Crippen MR) is 85.4 cm³/mol. The summed E-state index contributed by atoms with van der Waals surface area (Å²) in [5, 5.41) is 0. The van der Waals surface area contributed by atoms with E-state index < -0.39 is 0 Å². The molecule has 0 spiro atoms. The van der Waals surface area contributed by atoms with Crippen LogP contribution >= 0.6 is 0 Å². The Morgan fingerprint density at radius 1 is 1.27 bits per heavy atom. The maximum atomic E-state index is 12.5. The van der Waals surface area contributed by atoms with Gasteiger partial charge >= 0.3 is 0 Å². The van der Waals surface area contributed by atoms with Crippen molar-refractivity contribution in [1.29, 1.82) is 0 Å². The summed E-state index contributed by atoms with van der Waals surface area (Å²) in [6.45, 7) is 2.39. The fourth-order valence-corrected chi connectivity index (χ4v) is 3.19. The van der Waals surface area contributed by atoms with Crippen molar-refractivity contribution in [2.75, 3.05) is 26.8 Å². The van der Waals surface area contributed by atoms with Crippen molar-refractivity contribution in [2.45, 2.75) is 44.6 Å². The fraction of sp³-hybridized carbons (Fsp3) is 0.611. The molecule has 0 aliphatic carbocycles. The number of fused-ring (bicyclic) bond motifs is 1. The number of rotatable bonds is 4. The minimum atomic E-state index is 0.0872. The van der Waals surface area contributed by atoms with Gasteiger partial charge < -0.3 is 14.4 Å². The zero-order chi connectivity index (χ0) is 15.4. The van der Waals surface area contributed by atoms with E-state index in [0.29, 0.717) is 6.10 Å². The highest BCUT2D eigenvalue weighted by Crippen LogP contribution is 2.26. The summed E-state index contributed by atoms with van der Waals surface area (Å²) >= 11 is 0. The molecule has 0 bridgehead atoms. The Labute approximate surface area is 132 Å². The minimum absolute atomic E-state index is 0.0872. The van der Waals surface area contributed by atoms with E-state index in [2.05, 4.69) is 0 Å². The van der Waals surface area contributed by atoms with Crippen LogP contribution < -0.4 is 4.74 Å². The van der Waals surface area contributed by atoms with Crippen molar-refractivity contribution in [3.8, 4) is 5.75 Å². The number of amides is 1. The van der Waals surface area contributed by atoms with Gasteiger partial charge in [-0.2, -0.15) is 0 Å². The molecular formula is C18H25NO3. The van der Waals surface area contributed by atoms with Crippen molar-refractivity contribution < 1.29 is 14.3 Å². The van der Waals surface area contributed by atoms with Crippen molar-refractivity contribution in [3.63, 3.8) is 0 Å². The highest BCUT2D eigenvalue weighted by molar-refractivity contribution is 5.94. The number of carbonyl (C=O) groups excluding carboxylic acids is 1. The number of nitrogens with zero attached hydrogens (tertiary/aromatic N) is 1. The zero-order valence-electron chi connectivity index (χ0n) is 13.3. The van der Waals surface area contributed by atoms with Gasteiger partial charge in [0, 0.05) is 25.8 Å². The first-order chi connectivity index (χ1) is 10.7. The van der Waals surface area contributed by atoms with Crippen molar-refractivity contribution in [1.82, 2.24) is 4.90 Å². The first-order valence-corrected chi connectivity index (χ1v) is 8.37. The highest BCUT2D eigenvalue weighted by Gasteiger charge is 2.19. The lowest BCUT2D eigenvalue weighted by Crippen LogP contribution is -2.31. The average Bonchev–Trinajstić information content (AvgIpc) is 2.59. The van der Waals surface area contributed by atoms with E-state index in [0.717, 1.165) is 62.3 Å². The molecule has 2 heterocycles. The SMILES string of the molecule is CN(CC[C@@H]1CCCCO1)C(=O)c1ccc2c(c1)CCCO2. The fourth-order valence-electron chi connectivity index (χ4n) is 3.19. The van der Waals surface area contributed by atoms with Crippen LogP contribution in [0, 0.1) is 0 Å². The number of hydrogen-bond acceptors (Lipinski definition) is 3. The van der Waals surface area contributed by atoms with Gasteiger partial charge in [0.25, 0.3) is 5.91 Å². The Hall–Kier alpha value is -1.55. The lowest BCUT2D eigenvalue weighted by molar-refractivity contribution is 0.00709. The van der Waals surface area contributed by atoms with Gasteiger partial charge in [-0.15, -0.1) is 0 Å². The second-order valence-corrected chi connectivity index (χ2v) is 6.28. The molecule has 1 fully saturated rings. The second kappa shape index (κ2) is 7.14. The first kappa shape index (κ1) is 15.3. The summed E-state index contributed by atoms with van der Waals surface area (Å²) in [4.78, 5) is 14.4. The maximum absolute atomic E-state index is 12.5. The van der Waals surface area contributed by atoms with Crippen LogP contribution in [0.3, 0.4) is 0 Å². The highest BCUT2D eigenvalue weighted by atomic mass is 16.5. The van der Waals surface area contributed by atoms with Gasteiger partial charge in [-0.25, -0.2) is 0 Å². The second-order valence-electron chi connectivity index (χ2n) is 6.28. The molecular weight excluding hydrogens is 278 g/mol. The maximum Gasteiger partial charge on any atom is 0.253 e. The average molecular weight is 303 g/mol. The number of ether oxygens (including phenoxy) is 2. The van der Waals surface area contributed by atoms with Crippen LogP contribution in [-0.4, -0.2) is 43.7 Å². The summed E-state index contributed by atoms with van der Waals surface area (Å²) in [7, 11) is 1.88. The standard InChI is InChI=1S/C18H25NO3/c1-19(10-9-16-6-2-3-11-21-16)18(20)15-7-8-17-14(13-15)5-4-12-22-17/h7-8,13,16H,2-6,9-12H2,1H3/t16-/m0/s1. The molecule has 1 amide bonds. The number of hydrogen-bond donors (Lipinski definition) is 0. The molecule has 0 radical (unpaired) electrons. The van der Waals surface area contributed by atoms with Gasteiger partial charge in [-0.3, -0.25) is 4.79 Å². The molecule has 22 heavy (non-hydrogen) atoms. The lowest BCUT2D eigenvalue weighted by Gasteiger charge is -2.25. The van der Waals surface area contributed by atoms with Gasteiger partial charge in [0.15, 0.2) is 0 Å². The Kier molecular flexibility index (Phi) is 4.98. The molecule has 2 aliphatic rings. The van der Waals surface area contributed by atoms with Crippen LogP contribution in [0.1, 0.15) is 48.0 Å². The molecule has 0 unspecified atom stereocenters. The van der Waals surface area contributed by atoms with E-state index in [1.54, 1.807) is 0 Å². The largest absolute Gasteiger partial charge is 0.493 e. The van der Waals surface area contributed by atoms with E-state index >= 15 is 0 Å². The normalized spacial score (nSPS) is 20.9. The monoisotopic (exact) mass is 303 g/mol. The Morgan fingerprint density at radius 2 is 2.18 bits per heavy atom. The van der Waals surface area contributed by atoms with Crippen LogP contribution in [0.2, 0.25) is 0 Å².